The average Bonchev–Trinajstić information content (AvgIpc) is 3.10. The molecule has 27 heavy (non-hydrogen) atoms. The molecule has 6 nitrogen and oxygen atoms in total. The predicted octanol–water partition coefficient (Wildman–Crippen LogP) is 3.21. The van der Waals surface area contributed by atoms with Gasteiger partial charge in [0.15, 0.2) is 29.2 Å². The molecule has 1 atom stereocenters. The Labute approximate surface area is 158 Å². The van der Waals surface area contributed by atoms with Gasteiger partial charge in [0, 0.05) is 6.54 Å². The topological polar surface area (TPSA) is 73.9 Å². The Bertz CT molecular complexity index is 906. The van der Waals surface area contributed by atoms with E-state index in [0.29, 0.717) is 23.6 Å². The van der Waals surface area contributed by atoms with Crippen LogP contribution in [0.15, 0.2) is 30.3 Å². The van der Waals surface area contributed by atoms with Gasteiger partial charge in [0.2, 0.25) is 6.79 Å². The van der Waals surface area contributed by atoms with Gasteiger partial charge < -0.3 is 19.5 Å². The SMILES string of the molecule is CC(OC(=O)c1cc(F)c(F)cc1Cl)C(=O)NCc1ccc2c(c1)OCO2. The number of carbonyl (C=O) groups is 2. The Morgan fingerprint density at radius 1 is 1.19 bits per heavy atom. The Kier molecular flexibility index (Phi) is 5.46. The van der Waals surface area contributed by atoms with Crippen molar-refractivity contribution in [3.63, 3.8) is 0 Å². The van der Waals surface area contributed by atoms with Crippen LogP contribution in [0, 0.1) is 11.6 Å². The highest BCUT2D eigenvalue weighted by Crippen LogP contribution is 2.32. The van der Waals surface area contributed by atoms with E-state index in [-0.39, 0.29) is 23.9 Å². The van der Waals surface area contributed by atoms with E-state index in [4.69, 9.17) is 25.8 Å². The number of esters is 1. The van der Waals surface area contributed by atoms with E-state index in [1.54, 1.807) is 18.2 Å². The van der Waals surface area contributed by atoms with Crippen molar-refractivity contribution in [1.29, 1.82) is 0 Å². The summed E-state index contributed by atoms with van der Waals surface area (Å²) >= 11 is 5.72. The molecule has 0 spiro atoms. The first-order chi connectivity index (χ1) is 12.8. The third-order valence-electron chi connectivity index (χ3n) is 3.79. The van der Waals surface area contributed by atoms with Gasteiger partial charge in [-0.05, 0) is 36.8 Å². The second-order valence-corrected chi connectivity index (χ2v) is 6.11. The van der Waals surface area contributed by atoms with Crippen molar-refractivity contribution >= 4 is 23.5 Å². The number of fused-ring (bicyclic) bond motifs is 1. The van der Waals surface area contributed by atoms with Crippen molar-refractivity contribution in [3.8, 4) is 11.5 Å². The highest BCUT2D eigenvalue weighted by molar-refractivity contribution is 6.33. The quantitative estimate of drug-likeness (QED) is 0.619. The van der Waals surface area contributed by atoms with E-state index in [9.17, 15) is 18.4 Å². The van der Waals surface area contributed by atoms with Gasteiger partial charge in [0.05, 0.1) is 10.6 Å². The van der Waals surface area contributed by atoms with Crippen LogP contribution in [0.5, 0.6) is 11.5 Å². The normalized spacial score (nSPS) is 13.2. The highest BCUT2D eigenvalue weighted by atomic mass is 35.5. The molecule has 0 radical (unpaired) electrons. The number of benzene rings is 2. The van der Waals surface area contributed by atoms with Gasteiger partial charge in [0.1, 0.15) is 0 Å². The van der Waals surface area contributed by atoms with E-state index < -0.39 is 29.6 Å². The third kappa shape index (κ3) is 4.28. The van der Waals surface area contributed by atoms with Gasteiger partial charge in [-0.1, -0.05) is 17.7 Å². The van der Waals surface area contributed by atoms with Crippen LogP contribution in [0.2, 0.25) is 5.02 Å². The van der Waals surface area contributed by atoms with Gasteiger partial charge in [-0.15, -0.1) is 0 Å². The van der Waals surface area contributed by atoms with Crippen LogP contribution in [0.3, 0.4) is 0 Å². The van der Waals surface area contributed by atoms with Crippen LogP contribution >= 0.6 is 11.6 Å². The Morgan fingerprint density at radius 3 is 2.67 bits per heavy atom. The molecule has 1 aliphatic rings. The van der Waals surface area contributed by atoms with E-state index in [1.165, 1.54) is 6.92 Å². The number of ether oxygens (including phenoxy) is 3. The monoisotopic (exact) mass is 397 g/mol. The fraction of sp³-hybridized carbons (Fsp3) is 0.222. The van der Waals surface area contributed by atoms with Crippen molar-refractivity contribution in [2.45, 2.75) is 19.6 Å². The van der Waals surface area contributed by atoms with Gasteiger partial charge in [-0.2, -0.15) is 0 Å². The number of carbonyl (C=O) groups excluding carboxylic acids is 2. The summed E-state index contributed by atoms with van der Waals surface area (Å²) in [4.78, 5) is 24.2. The summed E-state index contributed by atoms with van der Waals surface area (Å²) in [5.41, 5.74) is 0.390. The molecule has 1 unspecified atom stereocenters. The minimum atomic E-state index is -1.24. The minimum Gasteiger partial charge on any atom is -0.454 e. The molecule has 2 aromatic rings. The first-order valence-electron chi connectivity index (χ1n) is 7.87. The second-order valence-electron chi connectivity index (χ2n) is 5.70. The number of amides is 1. The number of hydrogen-bond donors (Lipinski definition) is 1. The zero-order valence-corrected chi connectivity index (χ0v) is 14.8. The fourth-order valence-corrected chi connectivity index (χ4v) is 2.57. The number of rotatable bonds is 5. The van der Waals surface area contributed by atoms with Crippen LogP contribution in [-0.4, -0.2) is 24.8 Å². The van der Waals surface area contributed by atoms with E-state index >= 15 is 0 Å². The smallest absolute Gasteiger partial charge is 0.340 e. The van der Waals surface area contributed by atoms with Gasteiger partial charge in [-0.25, -0.2) is 13.6 Å². The van der Waals surface area contributed by atoms with Gasteiger partial charge in [-0.3, -0.25) is 4.79 Å². The summed E-state index contributed by atoms with van der Waals surface area (Å²) in [6.45, 7) is 1.66. The molecule has 2 aromatic carbocycles. The van der Waals surface area contributed by atoms with Crippen molar-refractivity contribution in [3.05, 3.63) is 58.1 Å². The molecule has 9 heteroatoms. The summed E-state index contributed by atoms with van der Waals surface area (Å²) in [5, 5.41) is 2.29. The van der Waals surface area contributed by atoms with Crippen LogP contribution in [0.4, 0.5) is 8.78 Å². The molecular weight excluding hydrogens is 384 g/mol. The summed E-state index contributed by atoms with van der Waals surface area (Å²) < 4.78 is 41.8. The number of halogens is 3. The summed E-state index contributed by atoms with van der Waals surface area (Å²) in [6.07, 6.45) is -1.17. The zero-order valence-electron chi connectivity index (χ0n) is 14.1. The molecule has 0 fully saturated rings. The predicted molar refractivity (Wildman–Crippen MR) is 90.7 cm³/mol. The zero-order chi connectivity index (χ0) is 19.6. The van der Waals surface area contributed by atoms with Crippen molar-refractivity contribution < 1.29 is 32.6 Å². The van der Waals surface area contributed by atoms with Gasteiger partial charge in [0.25, 0.3) is 5.91 Å². The van der Waals surface area contributed by atoms with Gasteiger partial charge >= 0.3 is 5.97 Å². The lowest BCUT2D eigenvalue weighted by atomic mass is 10.2. The van der Waals surface area contributed by atoms with Crippen LogP contribution in [0.25, 0.3) is 0 Å². The van der Waals surface area contributed by atoms with E-state index in [0.717, 1.165) is 5.56 Å². The van der Waals surface area contributed by atoms with Crippen LogP contribution < -0.4 is 14.8 Å². The summed E-state index contributed by atoms with van der Waals surface area (Å²) in [5.74, 6) is -2.84. The lowest BCUT2D eigenvalue weighted by molar-refractivity contribution is -0.129. The second kappa shape index (κ2) is 7.79. The molecule has 142 valence electrons. The molecule has 1 heterocycles. The fourth-order valence-electron chi connectivity index (χ4n) is 2.34. The van der Waals surface area contributed by atoms with Crippen LogP contribution in [-0.2, 0) is 16.1 Å². The van der Waals surface area contributed by atoms with Crippen molar-refractivity contribution in [2.75, 3.05) is 6.79 Å². The first kappa shape index (κ1) is 18.9. The maximum Gasteiger partial charge on any atom is 0.340 e. The van der Waals surface area contributed by atoms with Crippen LogP contribution in [0.1, 0.15) is 22.8 Å². The highest BCUT2D eigenvalue weighted by Gasteiger charge is 2.22. The Balaban J connectivity index is 1.57. The summed E-state index contributed by atoms with van der Waals surface area (Å²) in [7, 11) is 0. The lowest BCUT2D eigenvalue weighted by Gasteiger charge is -2.14. The maximum atomic E-state index is 13.3. The lowest BCUT2D eigenvalue weighted by Crippen LogP contribution is -2.35. The summed E-state index contributed by atoms with van der Waals surface area (Å²) in [6, 6.07) is 6.49. The first-order valence-corrected chi connectivity index (χ1v) is 8.24. The molecule has 3 rings (SSSR count). The third-order valence-corrected chi connectivity index (χ3v) is 4.10. The molecule has 0 aromatic heterocycles. The van der Waals surface area contributed by atoms with Crippen molar-refractivity contribution in [2.24, 2.45) is 0 Å². The molecule has 1 N–H and O–H groups in total. The average molecular weight is 398 g/mol. The molecule has 0 bridgehead atoms. The van der Waals surface area contributed by atoms with E-state index in [1.807, 2.05) is 0 Å². The minimum absolute atomic E-state index is 0.144. The Hall–Kier alpha value is -2.87. The number of hydrogen-bond acceptors (Lipinski definition) is 5. The standard InChI is InChI=1S/C18H14ClF2NO5/c1-9(27-18(24)11-5-13(20)14(21)6-12(11)19)17(23)22-7-10-2-3-15-16(4-10)26-8-25-15/h2-6,9H,7-8H2,1H3,(H,22,23). The van der Waals surface area contributed by atoms with Crippen molar-refractivity contribution in [1.82, 2.24) is 5.32 Å². The number of nitrogens with one attached hydrogen (secondary N) is 1. The molecule has 0 saturated carbocycles. The molecule has 0 aliphatic carbocycles. The molecule has 0 saturated heterocycles. The molecule has 1 amide bonds. The Morgan fingerprint density at radius 2 is 1.89 bits per heavy atom. The largest absolute Gasteiger partial charge is 0.454 e. The molecule has 1 aliphatic heterocycles. The molecular formula is C18H14ClF2NO5. The maximum absolute atomic E-state index is 13.3. The van der Waals surface area contributed by atoms with E-state index in [2.05, 4.69) is 5.32 Å².